The summed E-state index contributed by atoms with van der Waals surface area (Å²) in [5, 5.41) is 0. The van der Waals surface area contributed by atoms with E-state index in [0.717, 1.165) is 5.56 Å². The van der Waals surface area contributed by atoms with Crippen LogP contribution in [0.4, 0.5) is 0 Å². The quantitative estimate of drug-likeness (QED) is 0.903. The standard InChI is InChI=1S/C15H25NO2S/c1-12-7-5-6-8-14(12)13(11-16)9-10-19(17,18)15(2,3)4/h5-8,13H,9-11,16H2,1-4H3. The zero-order valence-corrected chi connectivity index (χ0v) is 13.1. The third-order valence-corrected chi connectivity index (χ3v) is 6.22. The van der Waals surface area contributed by atoms with Gasteiger partial charge in [0.1, 0.15) is 0 Å². The Morgan fingerprint density at radius 2 is 1.79 bits per heavy atom. The summed E-state index contributed by atoms with van der Waals surface area (Å²) in [5.41, 5.74) is 8.15. The van der Waals surface area contributed by atoms with Crippen LogP contribution in [0.2, 0.25) is 0 Å². The van der Waals surface area contributed by atoms with Gasteiger partial charge in [0.15, 0.2) is 9.84 Å². The van der Waals surface area contributed by atoms with Gasteiger partial charge in [-0.25, -0.2) is 8.42 Å². The van der Waals surface area contributed by atoms with Crippen molar-refractivity contribution in [2.75, 3.05) is 12.3 Å². The first-order chi connectivity index (χ1) is 8.69. The topological polar surface area (TPSA) is 60.2 Å². The van der Waals surface area contributed by atoms with Crippen LogP contribution in [0.25, 0.3) is 0 Å². The first-order valence-corrected chi connectivity index (χ1v) is 8.32. The maximum Gasteiger partial charge on any atom is 0.155 e. The molecular weight excluding hydrogens is 258 g/mol. The van der Waals surface area contributed by atoms with Gasteiger partial charge in [0, 0.05) is 0 Å². The van der Waals surface area contributed by atoms with Crippen LogP contribution in [0, 0.1) is 6.92 Å². The number of sulfone groups is 1. The molecular formula is C15H25NO2S. The van der Waals surface area contributed by atoms with E-state index < -0.39 is 14.6 Å². The summed E-state index contributed by atoms with van der Waals surface area (Å²) in [7, 11) is -3.08. The number of hydrogen-bond acceptors (Lipinski definition) is 3. The molecule has 0 amide bonds. The molecule has 0 heterocycles. The van der Waals surface area contributed by atoms with Crippen molar-refractivity contribution >= 4 is 9.84 Å². The molecule has 2 N–H and O–H groups in total. The molecule has 0 saturated carbocycles. The minimum absolute atomic E-state index is 0.110. The summed E-state index contributed by atoms with van der Waals surface area (Å²) in [5.74, 6) is 0.297. The number of hydrogen-bond donors (Lipinski definition) is 1. The van der Waals surface area contributed by atoms with Crippen LogP contribution in [0.3, 0.4) is 0 Å². The normalized spacial score (nSPS) is 14.4. The summed E-state index contributed by atoms with van der Waals surface area (Å²) < 4.78 is 23.6. The molecule has 0 aromatic heterocycles. The molecule has 0 fully saturated rings. The Morgan fingerprint density at radius 3 is 2.26 bits per heavy atom. The van der Waals surface area contributed by atoms with Crippen LogP contribution >= 0.6 is 0 Å². The van der Waals surface area contributed by atoms with E-state index in [9.17, 15) is 8.42 Å². The van der Waals surface area contributed by atoms with Crippen LogP contribution in [0.15, 0.2) is 24.3 Å². The molecule has 1 rings (SSSR count). The largest absolute Gasteiger partial charge is 0.330 e. The smallest absolute Gasteiger partial charge is 0.155 e. The maximum absolute atomic E-state index is 12.1. The molecule has 1 aromatic carbocycles. The Bertz CT molecular complexity index is 515. The zero-order chi connectivity index (χ0) is 14.7. The van der Waals surface area contributed by atoms with Crippen LogP contribution in [-0.4, -0.2) is 25.5 Å². The molecule has 0 bridgehead atoms. The Morgan fingerprint density at radius 1 is 1.21 bits per heavy atom. The minimum atomic E-state index is -3.08. The van der Waals surface area contributed by atoms with Crippen LogP contribution < -0.4 is 5.73 Å². The molecule has 4 heteroatoms. The number of benzene rings is 1. The Labute approximate surface area is 117 Å². The summed E-state index contributed by atoms with van der Waals surface area (Å²) in [6.07, 6.45) is 0.584. The molecule has 1 atom stereocenters. The molecule has 3 nitrogen and oxygen atoms in total. The van der Waals surface area contributed by atoms with E-state index in [4.69, 9.17) is 5.73 Å². The number of nitrogens with two attached hydrogens (primary N) is 1. The zero-order valence-electron chi connectivity index (χ0n) is 12.3. The van der Waals surface area contributed by atoms with Crippen molar-refractivity contribution in [3.05, 3.63) is 35.4 Å². The fraction of sp³-hybridized carbons (Fsp3) is 0.600. The highest BCUT2D eigenvalue weighted by Gasteiger charge is 2.29. The summed E-state index contributed by atoms with van der Waals surface area (Å²) >= 11 is 0. The highest BCUT2D eigenvalue weighted by atomic mass is 32.2. The second-order valence-electron chi connectivity index (χ2n) is 6.01. The predicted octanol–water partition coefficient (Wildman–Crippen LogP) is 2.64. The molecule has 0 aliphatic rings. The van der Waals surface area contributed by atoms with Gasteiger partial charge < -0.3 is 5.73 Å². The first-order valence-electron chi connectivity index (χ1n) is 6.67. The molecule has 0 saturated heterocycles. The van der Waals surface area contributed by atoms with Gasteiger partial charge in [-0.15, -0.1) is 0 Å². The van der Waals surface area contributed by atoms with Crippen molar-refractivity contribution in [1.29, 1.82) is 0 Å². The minimum Gasteiger partial charge on any atom is -0.330 e. The van der Waals surface area contributed by atoms with Crippen molar-refractivity contribution in [1.82, 2.24) is 0 Å². The molecule has 1 aromatic rings. The van der Waals surface area contributed by atoms with E-state index in [2.05, 4.69) is 0 Å². The van der Waals surface area contributed by atoms with Gasteiger partial charge in [-0.3, -0.25) is 0 Å². The van der Waals surface area contributed by atoms with Gasteiger partial charge in [0.05, 0.1) is 10.5 Å². The average molecular weight is 283 g/mol. The summed E-state index contributed by atoms with van der Waals surface area (Å²) in [4.78, 5) is 0. The van der Waals surface area contributed by atoms with Gasteiger partial charge in [-0.2, -0.15) is 0 Å². The van der Waals surface area contributed by atoms with Gasteiger partial charge in [-0.1, -0.05) is 24.3 Å². The van der Waals surface area contributed by atoms with E-state index in [1.165, 1.54) is 5.56 Å². The first kappa shape index (κ1) is 16.2. The lowest BCUT2D eigenvalue weighted by Gasteiger charge is -2.22. The molecule has 108 valence electrons. The van der Waals surface area contributed by atoms with Gasteiger partial charge in [0.2, 0.25) is 0 Å². The van der Waals surface area contributed by atoms with Crippen molar-refractivity contribution in [3.8, 4) is 0 Å². The van der Waals surface area contributed by atoms with E-state index in [0.29, 0.717) is 13.0 Å². The van der Waals surface area contributed by atoms with Crippen LogP contribution in [-0.2, 0) is 9.84 Å². The molecule has 0 aliphatic heterocycles. The van der Waals surface area contributed by atoms with Gasteiger partial charge >= 0.3 is 0 Å². The van der Waals surface area contributed by atoms with E-state index in [1.54, 1.807) is 20.8 Å². The Kier molecular flexibility index (Phi) is 5.16. The fourth-order valence-corrected chi connectivity index (χ4v) is 3.26. The van der Waals surface area contributed by atoms with E-state index in [1.807, 2.05) is 31.2 Å². The fourth-order valence-electron chi connectivity index (χ4n) is 2.05. The number of aryl methyl sites for hydroxylation is 1. The van der Waals surface area contributed by atoms with Gasteiger partial charge in [0.25, 0.3) is 0 Å². The second kappa shape index (κ2) is 6.06. The van der Waals surface area contributed by atoms with Crippen molar-refractivity contribution in [2.24, 2.45) is 5.73 Å². The summed E-state index contributed by atoms with van der Waals surface area (Å²) in [6.45, 7) is 7.75. The molecule has 19 heavy (non-hydrogen) atoms. The van der Waals surface area contributed by atoms with Crippen molar-refractivity contribution in [3.63, 3.8) is 0 Å². The third kappa shape index (κ3) is 4.05. The van der Waals surface area contributed by atoms with Crippen LogP contribution in [0.5, 0.6) is 0 Å². The van der Waals surface area contributed by atoms with E-state index >= 15 is 0 Å². The Balaban J connectivity index is 2.84. The lowest BCUT2D eigenvalue weighted by atomic mass is 9.93. The highest BCUT2D eigenvalue weighted by molar-refractivity contribution is 7.92. The average Bonchev–Trinajstić information content (AvgIpc) is 2.30. The Hall–Kier alpha value is -0.870. The summed E-state index contributed by atoms with van der Waals surface area (Å²) in [6, 6.07) is 8.04. The molecule has 0 aliphatic carbocycles. The molecule has 0 spiro atoms. The van der Waals surface area contributed by atoms with Crippen molar-refractivity contribution in [2.45, 2.75) is 44.8 Å². The third-order valence-electron chi connectivity index (χ3n) is 3.58. The van der Waals surface area contributed by atoms with E-state index in [-0.39, 0.29) is 11.7 Å². The lowest BCUT2D eigenvalue weighted by molar-refractivity contribution is 0.551. The van der Waals surface area contributed by atoms with Gasteiger partial charge in [-0.05, 0) is 57.7 Å². The van der Waals surface area contributed by atoms with Crippen LogP contribution in [0.1, 0.15) is 44.2 Å². The SMILES string of the molecule is Cc1ccccc1C(CN)CCS(=O)(=O)C(C)(C)C. The monoisotopic (exact) mass is 283 g/mol. The lowest BCUT2D eigenvalue weighted by Crippen LogP contribution is -2.31. The maximum atomic E-state index is 12.1. The second-order valence-corrected chi connectivity index (χ2v) is 8.87. The molecule has 1 unspecified atom stereocenters. The molecule has 0 radical (unpaired) electrons. The predicted molar refractivity (Wildman–Crippen MR) is 81.1 cm³/mol. The number of rotatable bonds is 5. The highest BCUT2D eigenvalue weighted by Crippen LogP contribution is 2.25. The van der Waals surface area contributed by atoms with Crippen molar-refractivity contribution < 1.29 is 8.42 Å².